The third-order valence-electron chi connectivity index (χ3n) is 11.4. The second-order valence-corrected chi connectivity index (χ2v) is 16.1. The Hall–Kier alpha value is -7.99. The smallest absolute Gasteiger partial charge is 0.164 e. The fraction of sp³-hybridized carbons (Fsp3) is 0. The predicted molar refractivity (Wildman–Crippen MR) is 260 cm³/mol. The van der Waals surface area contributed by atoms with Crippen LogP contribution in [0, 0.1) is 0 Å². The normalized spacial score (nSPS) is 12.9. The van der Waals surface area contributed by atoms with Gasteiger partial charge >= 0.3 is 0 Å². The average molecular weight is 815 g/mol. The number of aromatic nitrogens is 4. The van der Waals surface area contributed by atoms with Gasteiger partial charge in [0.05, 0.1) is 24.9 Å². The maximum atomic E-state index is 9.81. The van der Waals surface area contributed by atoms with E-state index >= 15 is 0 Å². The average Bonchev–Trinajstić information content (AvgIpc) is 3.95. The van der Waals surface area contributed by atoms with Crippen molar-refractivity contribution < 1.29 is 8.22 Å². The molecule has 0 spiro atoms. The molecule has 0 aliphatic heterocycles. The van der Waals surface area contributed by atoms with Gasteiger partial charge in [-0.2, -0.15) is 0 Å². The predicted octanol–water partition coefficient (Wildman–Crippen LogP) is 15.3. The SMILES string of the molecule is [2H]c1cc([2H])c2sc3c(-c4cc(-c5nc(-c6ccccc6)nc(-c6ccccc6)n5)ccc4-n4c5ccccc5c5c(-c6ccccc6)cc(-c6ccccc6)cc54)c([2H])c([2H])c([2H])c3c2c1[2H]. The van der Waals surface area contributed by atoms with Crippen molar-refractivity contribution in [1.82, 2.24) is 19.5 Å². The molecule has 0 amide bonds. The zero-order chi connectivity index (χ0) is 46.2. The number of hydrogen-bond acceptors (Lipinski definition) is 4. The van der Waals surface area contributed by atoms with Crippen molar-refractivity contribution in [1.29, 1.82) is 0 Å². The van der Waals surface area contributed by atoms with Gasteiger partial charge in [0.1, 0.15) is 0 Å². The lowest BCUT2D eigenvalue weighted by molar-refractivity contribution is 1.07. The number of nitrogens with zero attached hydrogens (tertiary/aromatic N) is 4. The summed E-state index contributed by atoms with van der Waals surface area (Å²) in [5, 5.41) is 2.62. The molecule has 0 radical (unpaired) electrons. The van der Waals surface area contributed by atoms with E-state index in [1.165, 1.54) is 17.4 Å². The summed E-state index contributed by atoms with van der Waals surface area (Å²) in [5.74, 6) is 1.37. The van der Waals surface area contributed by atoms with Gasteiger partial charge in [-0.15, -0.1) is 11.3 Å². The molecule has 0 aliphatic rings. The largest absolute Gasteiger partial charge is 0.309 e. The molecule has 5 heteroatoms. The minimum Gasteiger partial charge on any atom is -0.309 e. The molecule has 3 heterocycles. The molecule has 12 aromatic rings. The Balaban J connectivity index is 1.23. The summed E-state index contributed by atoms with van der Waals surface area (Å²) in [6.07, 6.45) is 0. The van der Waals surface area contributed by atoms with Gasteiger partial charge in [0.15, 0.2) is 17.5 Å². The zero-order valence-corrected chi connectivity index (χ0v) is 33.8. The summed E-state index contributed by atoms with van der Waals surface area (Å²) < 4.78 is 58.2. The van der Waals surface area contributed by atoms with Gasteiger partial charge < -0.3 is 4.57 Å². The summed E-state index contributed by atoms with van der Waals surface area (Å²) in [6.45, 7) is 0. The Labute approximate surface area is 371 Å². The van der Waals surface area contributed by atoms with E-state index in [0.717, 1.165) is 55.2 Å². The first-order valence-corrected chi connectivity index (χ1v) is 21.2. The Morgan fingerprint density at radius 3 is 1.66 bits per heavy atom. The summed E-state index contributed by atoms with van der Waals surface area (Å²) in [7, 11) is 0. The first-order chi connectivity index (χ1) is 33.2. The molecule has 0 unspecified atom stereocenters. The van der Waals surface area contributed by atoms with E-state index in [1.54, 1.807) is 0 Å². The zero-order valence-electron chi connectivity index (χ0n) is 39.0. The van der Waals surface area contributed by atoms with Crippen LogP contribution in [-0.2, 0) is 0 Å². The molecule has 0 saturated heterocycles. The van der Waals surface area contributed by atoms with Crippen LogP contribution >= 0.6 is 11.3 Å². The van der Waals surface area contributed by atoms with E-state index in [2.05, 4.69) is 65.2 Å². The second-order valence-electron chi connectivity index (χ2n) is 15.1. The van der Waals surface area contributed by atoms with Crippen LogP contribution in [0.1, 0.15) is 8.22 Å². The molecular weight excluding hydrogens is 773 g/mol. The standard InChI is InChI=1S/C57H36N4S/c1-5-18-37(19-6-1)42-35-47(38-20-7-2-8-21-38)53-46-27-13-15-30-49(46)61(51(53)36-42)50-33-32-41(34-48(50)45-29-17-28-44-43-26-14-16-31-52(43)62-54(44)45)57-59-55(39-22-9-3-10-23-39)58-56(60-57)40-24-11-4-12-25-40/h1-36H/i14D,17D,26D,28D,29D,31D. The summed E-state index contributed by atoms with van der Waals surface area (Å²) in [6, 6.07) is 59.4. The number of fused-ring (bicyclic) bond motifs is 6. The summed E-state index contributed by atoms with van der Waals surface area (Å²) in [4.78, 5) is 15.1. The van der Waals surface area contributed by atoms with Crippen molar-refractivity contribution in [2.45, 2.75) is 0 Å². The number of para-hydroxylation sites is 1. The van der Waals surface area contributed by atoms with Crippen LogP contribution in [0.2, 0.25) is 0 Å². The molecule has 0 aliphatic carbocycles. The fourth-order valence-electron chi connectivity index (χ4n) is 8.57. The molecular formula is C57H36N4S. The summed E-state index contributed by atoms with van der Waals surface area (Å²) >= 11 is 1.22. The van der Waals surface area contributed by atoms with Gasteiger partial charge in [-0.3, -0.25) is 0 Å². The quantitative estimate of drug-likeness (QED) is 0.161. The van der Waals surface area contributed by atoms with E-state index in [4.69, 9.17) is 19.1 Å². The molecule has 12 rings (SSSR count). The van der Waals surface area contributed by atoms with E-state index in [0.29, 0.717) is 49.3 Å². The molecule has 3 aromatic heterocycles. The number of hydrogen-bond donors (Lipinski definition) is 0. The maximum absolute atomic E-state index is 9.81. The topological polar surface area (TPSA) is 43.6 Å². The Bertz CT molecular complexity index is 3910. The first kappa shape index (κ1) is 30.1. The van der Waals surface area contributed by atoms with Crippen LogP contribution < -0.4 is 0 Å². The highest BCUT2D eigenvalue weighted by Gasteiger charge is 2.23. The minimum absolute atomic E-state index is 0.0518. The molecule has 0 saturated carbocycles. The Morgan fingerprint density at radius 1 is 0.387 bits per heavy atom. The molecule has 9 aromatic carbocycles. The van der Waals surface area contributed by atoms with Crippen molar-refractivity contribution in [3.63, 3.8) is 0 Å². The fourth-order valence-corrected chi connectivity index (χ4v) is 9.66. The van der Waals surface area contributed by atoms with E-state index in [9.17, 15) is 4.11 Å². The molecule has 62 heavy (non-hydrogen) atoms. The van der Waals surface area contributed by atoms with Crippen LogP contribution in [0.3, 0.4) is 0 Å². The van der Waals surface area contributed by atoms with Crippen LogP contribution in [0.15, 0.2) is 218 Å². The van der Waals surface area contributed by atoms with Crippen LogP contribution in [-0.4, -0.2) is 19.5 Å². The monoisotopic (exact) mass is 814 g/mol. The van der Waals surface area contributed by atoms with Gasteiger partial charge in [-0.25, -0.2) is 15.0 Å². The lowest BCUT2D eigenvalue weighted by Crippen LogP contribution is -2.02. The highest BCUT2D eigenvalue weighted by atomic mass is 32.1. The highest BCUT2D eigenvalue weighted by Crippen LogP contribution is 2.46. The Kier molecular flexibility index (Phi) is 7.25. The number of thiophene rings is 1. The molecule has 0 fully saturated rings. The van der Waals surface area contributed by atoms with Crippen LogP contribution in [0.4, 0.5) is 0 Å². The van der Waals surface area contributed by atoms with Gasteiger partial charge in [-0.05, 0) is 64.7 Å². The van der Waals surface area contributed by atoms with Crippen molar-refractivity contribution in [2.24, 2.45) is 0 Å². The van der Waals surface area contributed by atoms with Crippen LogP contribution in [0.5, 0.6) is 0 Å². The molecule has 0 N–H and O–H groups in total. The van der Waals surface area contributed by atoms with E-state index in [1.807, 2.05) is 115 Å². The van der Waals surface area contributed by atoms with Crippen molar-refractivity contribution in [3.8, 4) is 73.2 Å². The molecule has 0 bridgehead atoms. The number of benzene rings is 9. The minimum atomic E-state index is -0.317. The first-order valence-electron chi connectivity index (χ1n) is 23.4. The van der Waals surface area contributed by atoms with Crippen molar-refractivity contribution in [3.05, 3.63) is 218 Å². The third-order valence-corrected chi connectivity index (χ3v) is 12.6. The lowest BCUT2D eigenvalue weighted by atomic mass is 9.94. The van der Waals surface area contributed by atoms with Gasteiger partial charge in [0.25, 0.3) is 0 Å². The number of rotatable bonds is 7. The molecule has 290 valence electrons. The van der Waals surface area contributed by atoms with Crippen molar-refractivity contribution >= 4 is 53.3 Å². The molecule has 4 nitrogen and oxygen atoms in total. The van der Waals surface area contributed by atoms with Crippen LogP contribution in [0.25, 0.3) is 115 Å². The third kappa shape index (κ3) is 6.09. The van der Waals surface area contributed by atoms with E-state index < -0.39 is 0 Å². The van der Waals surface area contributed by atoms with Gasteiger partial charge in [0.2, 0.25) is 0 Å². The van der Waals surface area contributed by atoms with E-state index in [-0.39, 0.29) is 47.0 Å². The lowest BCUT2D eigenvalue weighted by Gasteiger charge is -2.17. The van der Waals surface area contributed by atoms with Gasteiger partial charge in [-0.1, -0.05) is 176 Å². The molecule has 0 atom stereocenters. The summed E-state index contributed by atoms with van der Waals surface area (Å²) in [5.41, 5.74) is 9.92. The van der Waals surface area contributed by atoms with Gasteiger partial charge in [0, 0.05) is 58.8 Å². The van der Waals surface area contributed by atoms with Crippen molar-refractivity contribution in [2.75, 3.05) is 0 Å². The highest BCUT2D eigenvalue weighted by molar-refractivity contribution is 7.26. The second kappa shape index (κ2) is 14.9. The Morgan fingerprint density at radius 2 is 0.968 bits per heavy atom. The maximum Gasteiger partial charge on any atom is 0.164 e.